The van der Waals surface area contributed by atoms with E-state index in [-0.39, 0.29) is 5.78 Å². The number of carbonyl (C=O) groups excluding carboxylic acids is 1. The van der Waals surface area contributed by atoms with Gasteiger partial charge in [0.15, 0.2) is 5.78 Å². The zero-order valence-electron chi connectivity index (χ0n) is 7.19. The third kappa shape index (κ3) is 3.45. The molecule has 0 aromatic heterocycles. The van der Waals surface area contributed by atoms with E-state index >= 15 is 0 Å². The minimum absolute atomic E-state index is 0.0382. The monoisotopic (exact) mass is 154 g/mol. The second kappa shape index (κ2) is 3.81. The van der Waals surface area contributed by atoms with Crippen molar-refractivity contribution in [3.8, 4) is 0 Å². The molecule has 0 aliphatic carbocycles. The maximum atomic E-state index is 10.8. The second-order valence-corrected chi connectivity index (χ2v) is 2.46. The van der Waals surface area contributed by atoms with Crippen LogP contribution in [0.4, 0.5) is 0 Å². The number of rotatable bonds is 3. The highest BCUT2D eigenvalue weighted by Gasteiger charge is 2.00. The van der Waals surface area contributed by atoms with Crippen molar-refractivity contribution in [3.05, 3.63) is 23.7 Å². The van der Waals surface area contributed by atoms with Crippen LogP contribution in [0.5, 0.6) is 0 Å². The fourth-order valence-corrected chi connectivity index (χ4v) is 0.599. The topological polar surface area (TPSA) is 55.1 Å². The lowest BCUT2D eigenvalue weighted by Crippen LogP contribution is -2.18. The molecule has 0 radical (unpaired) electrons. The van der Waals surface area contributed by atoms with Crippen LogP contribution >= 0.6 is 0 Å². The van der Waals surface area contributed by atoms with Gasteiger partial charge in [-0.1, -0.05) is 6.58 Å². The van der Waals surface area contributed by atoms with Crippen molar-refractivity contribution in [1.82, 2.24) is 5.32 Å². The van der Waals surface area contributed by atoms with Gasteiger partial charge in [-0.3, -0.25) is 4.79 Å². The maximum absolute atomic E-state index is 10.8. The van der Waals surface area contributed by atoms with Crippen molar-refractivity contribution in [2.75, 3.05) is 0 Å². The van der Waals surface area contributed by atoms with Crippen molar-refractivity contribution < 1.29 is 4.79 Å². The predicted molar refractivity (Wildman–Crippen MR) is 45.5 cm³/mol. The summed E-state index contributed by atoms with van der Waals surface area (Å²) in [7, 11) is 0. The summed E-state index contributed by atoms with van der Waals surface area (Å²) in [5.74, 6) is 0.388. The Labute approximate surface area is 67.0 Å². The Kier molecular flexibility index (Phi) is 3.37. The summed E-state index contributed by atoms with van der Waals surface area (Å²) in [6.07, 6.45) is 0. The van der Waals surface area contributed by atoms with Crippen LogP contribution in [0.15, 0.2) is 23.7 Å². The van der Waals surface area contributed by atoms with Gasteiger partial charge in [-0.05, 0) is 20.8 Å². The largest absolute Gasteiger partial charge is 0.386 e. The lowest BCUT2D eigenvalue weighted by Gasteiger charge is -2.07. The van der Waals surface area contributed by atoms with E-state index in [1.54, 1.807) is 13.8 Å². The number of nitrogens with one attached hydrogen (secondary N) is 1. The first kappa shape index (κ1) is 9.75. The third-order valence-corrected chi connectivity index (χ3v) is 1.44. The molecule has 0 unspecified atom stereocenters. The molecule has 0 rings (SSSR count). The van der Waals surface area contributed by atoms with E-state index in [2.05, 4.69) is 11.9 Å². The van der Waals surface area contributed by atoms with E-state index in [1.165, 1.54) is 6.92 Å². The lowest BCUT2D eigenvalue weighted by atomic mass is 10.2. The van der Waals surface area contributed by atoms with Gasteiger partial charge >= 0.3 is 0 Å². The van der Waals surface area contributed by atoms with Crippen molar-refractivity contribution in [2.24, 2.45) is 5.73 Å². The Morgan fingerprint density at radius 1 is 1.36 bits per heavy atom. The standard InChI is InChI=1S/C8H14N2O/c1-5(7(3)11)6(2)10-8(4)9/h10H,4,9H2,1-3H3/b6-5-. The van der Waals surface area contributed by atoms with E-state index in [1.807, 2.05) is 0 Å². The fraction of sp³-hybridized carbons (Fsp3) is 0.375. The Hall–Kier alpha value is -1.25. The number of nitrogens with two attached hydrogens (primary N) is 1. The van der Waals surface area contributed by atoms with Crippen LogP contribution in [0.25, 0.3) is 0 Å². The summed E-state index contributed by atoms with van der Waals surface area (Å²) in [5, 5.41) is 2.77. The molecule has 0 aromatic carbocycles. The number of carbonyl (C=O) groups is 1. The predicted octanol–water partition coefficient (Wildman–Crippen LogP) is 0.889. The molecule has 0 saturated heterocycles. The Balaban J connectivity index is 4.40. The fourth-order valence-electron chi connectivity index (χ4n) is 0.599. The molecular formula is C8H14N2O. The average Bonchev–Trinajstić information content (AvgIpc) is 1.84. The SMILES string of the molecule is C=C(N)N/C(C)=C(/C)C(C)=O. The van der Waals surface area contributed by atoms with Gasteiger partial charge in [-0.15, -0.1) is 0 Å². The van der Waals surface area contributed by atoms with Gasteiger partial charge in [0.2, 0.25) is 0 Å². The zero-order chi connectivity index (χ0) is 9.02. The van der Waals surface area contributed by atoms with Crippen molar-refractivity contribution >= 4 is 5.78 Å². The molecule has 3 nitrogen and oxygen atoms in total. The molecule has 0 atom stereocenters. The van der Waals surface area contributed by atoms with Crippen LogP contribution in [-0.4, -0.2) is 5.78 Å². The first-order chi connectivity index (χ1) is 4.95. The van der Waals surface area contributed by atoms with Crippen LogP contribution in [0.1, 0.15) is 20.8 Å². The molecule has 0 bridgehead atoms. The second-order valence-electron chi connectivity index (χ2n) is 2.46. The Bertz CT molecular complexity index is 216. The van der Waals surface area contributed by atoms with E-state index in [0.717, 1.165) is 5.70 Å². The molecule has 0 heterocycles. The van der Waals surface area contributed by atoms with Gasteiger partial charge in [-0.25, -0.2) is 0 Å². The zero-order valence-corrected chi connectivity index (χ0v) is 7.19. The Morgan fingerprint density at radius 2 is 1.82 bits per heavy atom. The van der Waals surface area contributed by atoms with E-state index in [9.17, 15) is 4.79 Å². The summed E-state index contributed by atoms with van der Waals surface area (Å²) >= 11 is 0. The van der Waals surface area contributed by atoms with Gasteiger partial charge in [0, 0.05) is 11.3 Å². The molecule has 11 heavy (non-hydrogen) atoms. The first-order valence-electron chi connectivity index (χ1n) is 3.35. The summed E-state index contributed by atoms with van der Waals surface area (Å²) in [5.41, 5.74) is 6.71. The number of Topliss-reactive ketones (excluding diaryl/α,β-unsaturated/α-hetero) is 1. The molecule has 0 aliphatic heterocycles. The number of ketones is 1. The lowest BCUT2D eigenvalue weighted by molar-refractivity contribution is -0.113. The van der Waals surface area contributed by atoms with Crippen LogP contribution < -0.4 is 11.1 Å². The van der Waals surface area contributed by atoms with Gasteiger partial charge in [0.25, 0.3) is 0 Å². The smallest absolute Gasteiger partial charge is 0.157 e. The van der Waals surface area contributed by atoms with Gasteiger partial charge in [0.1, 0.15) is 0 Å². The van der Waals surface area contributed by atoms with E-state index in [4.69, 9.17) is 5.73 Å². The summed E-state index contributed by atoms with van der Waals surface area (Å²) < 4.78 is 0. The number of hydrogen-bond donors (Lipinski definition) is 2. The van der Waals surface area contributed by atoms with E-state index < -0.39 is 0 Å². The average molecular weight is 154 g/mol. The quantitative estimate of drug-likeness (QED) is 0.593. The minimum Gasteiger partial charge on any atom is -0.386 e. The van der Waals surface area contributed by atoms with Gasteiger partial charge in [-0.2, -0.15) is 0 Å². The van der Waals surface area contributed by atoms with Gasteiger partial charge in [0.05, 0.1) is 5.82 Å². The van der Waals surface area contributed by atoms with Crippen molar-refractivity contribution in [1.29, 1.82) is 0 Å². The maximum Gasteiger partial charge on any atom is 0.157 e. The van der Waals surface area contributed by atoms with Crippen molar-refractivity contribution in [3.63, 3.8) is 0 Å². The van der Waals surface area contributed by atoms with Crippen LogP contribution in [-0.2, 0) is 4.79 Å². The summed E-state index contributed by atoms with van der Waals surface area (Å²) in [4.78, 5) is 10.8. The molecule has 3 N–H and O–H groups in total. The summed E-state index contributed by atoms with van der Waals surface area (Å²) in [6.45, 7) is 8.50. The highest BCUT2D eigenvalue weighted by Crippen LogP contribution is 2.00. The minimum atomic E-state index is 0.0382. The molecule has 0 amide bonds. The van der Waals surface area contributed by atoms with Crippen molar-refractivity contribution in [2.45, 2.75) is 20.8 Å². The molecule has 0 spiro atoms. The third-order valence-electron chi connectivity index (χ3n) is 1.44. The van der Waals surface area contributed by atoms with E-state index in [0.29, 0.717) is 11.4 Å². The number of allylic oxidation sites excluding steroid dienone is 2. The molecule has 0 fully saturated rings. The summed E-state index contributed by atoms with van der Waals surface area (Å²) in [6, 6.07) is 0. The normalized spacial score (nSPS) is 11.9. The molecular weight excluding hydrogens is 140 g/mol. The highest BCUT2D eigenvalue weighted by atomic mass is 16.1. The van der Waals surface area contributed by atoms with Crippen LogP contribution in [0, 0.1) is 0 Å². The molecule has 0 aliphatic rings. The number of hydrogen-bond acceptors (Lipinski definition) is 3. The van der Waals surface area contributed by atoms with Crippen LogP contribution in [0.2, 0.25) is 0 Å². The molecule has 0 aromatic rings. The Morgan fingerprint density at radius 3 is 2.09 bits per heavy atom. The highest BCUT2D eigenvalue weighted by molar-refractivity contribution is 5.93. The molecule has 3 heteroatoms. The van der Waals surface area contributed by atoms with Crippen LogP contribution in [0.3, 0.4) is 0 Å². The molecule has 62 valence electrons. The van der Waals surface area contributed by atoms with Gasteiger partial charge < -0.3 is 11.1 Å². The first-order valence-corrected chi connectivity index (χ1v) is 3.35. The molecule has 0 saturated carbocycles.